The maximum Gasteiger partial charge on any atom is 0.338 e. The molecule has 2 heterocycles. The first kappa shape index (κ1) is 23.5. The standard InChI is InChI=1S/C26H26N2O5S/c1-5-32-20-11-7-17(8-12-20)15-21-24(29)28-23(18-9-13-19(31-4)14-10-18)22(25(30)33-6-2)16(3)27-26(28)34-21/h7-15,23H,5-6H2,1-4H3/b21-15-/t23-/m1/s1. The molecule has 7 nitrogen and oxygen atoms in total. The fourth-order valence-electron chi connectivity index (χ4n) is 3.87. The molecule has 3 aromatic rings. The molecule has 0 saturated carbocycles. The molecule has 176 valence electrons. The quantitative estimate of drug-likeness (QED) is 0.488. The van der Waals surface area contributed by atoms with Gasteiger partial charge in [-0.25, -0.2) is 9.79 Å². The van der Waals surface area contributed by atoms with E-state index in [0.29, 0.717) is 33.0 Å². The normalized spacial score (nSPS) is 15.5. The molecule has 8 heteroatoms. The number of nitrogens with zero attached hydrogens (tertiary/aromatic N) is 2. The smallest absolute Gasteiger partial charge is 0.338 e. The third-order valence-corrected chi connectivity index (χ3v) is 6.42. The fraction of sp³-hybridized carbons (Fsp3) is 0.269. The minimum absolute atomic E-state index is 0.215. The van der Waals surface area contributed by atoms with Gasteiger partial charge in [0.25, 0.3) is 5.56 Å². The molecule has 0 unspecified atom stereocenters. The highest BCUT2D eigenvalue weighted by molar-refractivity contribution is 7.07. The minimum atomic E-state index is -0.649. The van der Waals surface area contributed by atoms with Crippen LogP contribution in [-0.4, -0.2) is 30.9 Å². The van der Waals surface area contributed by atoms with E-state index < -0.39 is 12.0 Å². The number of aromatic nitrogens is 1. The Kier molecular flexibility index (Phi) is 6.98. The number of carbonyl (C=O) groups excluding carboxylic acids is 1. The van der Waals surface area contributed by atoms with Gasteiger partial charge in [-0.2, -0.15) is 0 Å². The SMILES string of the molecule is CCOC(=O)C1=C(C)N=c2s/c(=C\c3ccc(OCC)cc3)c(=O)n2[C@@H]1c1ccc(OC)cc1. The van der Waals surface area contributed by atoms with Crippen LogP contribution in [-0.2, 0) is 9.53 Å². The lowest BCUT2D eigenvalue weighted by molar-refractivity contribution is -0.139. The molecule has 0 amide bonds. The van der Waals surface area contributed by atoms with Crippen LogP contribution in [0.15, 0.2) is 69.6 Å². The highest BCUT2D eigenvalue weighted by Crippen LogP contribution is 2.31. The number of esters is 1. The van der Waals surface area contributed by atoms with E-state index in [1.807, 2.05) is 61.5 Å². The molecule has 0 saturated heterocycles. The number of methoxy groups -OCH3 is 1. The van der Waals surface area contributed by atoms with E-state index in [2.05, 4.69) is 4.99 Å². The van der Waals surface area contributed by atoms with Crippen LogP contribution in [0, 0.1) is 0 Å². The van der Waals surface area contributed by atoms with Crippen LogP contribution in [0.2, 0.25) is 0 Å². The summed E-state index contributed by atoms with van der Waals surface area (Å²) < 4.78 is 18.2. The number of carbonyl (C=O) groups is 1. The first-order valence-corrected chi connectivity index (χ1v) is 11.8. The molecule has 0 bridgehead atoms. The second kappa shape index (κ2) is 10.1. The molecule has 0 aliphatic carbocycles. The van der Waals surface area contributed by atoms with Gasteiger partial charge in [-0.3, -0.25) is 9.36 Å². The number of ether oxygens (including phenoxy) is 3. The van der Waals surface area contributed by atoms with Gasteiger partial charge in [0.05, 0.1) is 42.2 Å². The molecule has 1 aromatic heterocycles. The van der Waals surface area contributed by atoms with Crippen molar-refractivity contribution in [3.63, 3.8) is 0 Å². The number of benzene rings is 2. The highest BCUT2D eigenvalue weighted by Gasteiger charge is 2.33. The van der Waals surface area contributed by atoms with Crippen molar-refractivity contribution in [1.29, 1.82) is 0 Å². The van der Waals surface area contributed by atoms with E-state index in [9.17, 15) is 9.59 Å². The molecule has 0 radical (unpaired) electrons. The first-order chi connectivity index (χ1) is 16.5. The topological polar surface area (TPSA) is 79.1 Å². The van der Waals surface area contributed by atoms with Crippen molar-refractivity contribution < 1.29 is 19.0 Å². The minimum Gasteiger partial charge on any atom is -0.497 e. The van der Waals surface area contributed by atoms with Crippen LogP contribution < -0.4 is 24.4 Å². The lowest BCUT2D eigenvalue weighted by Gasteiger charge is -2.24. The van der Waals surface area contributed by atoms with E-state index in [1.54, 1.807) is 25.5 Å². The molecule has 0 spiro atoms. The monoisotopic (exact) mass is 478 g/mol. The van der Waals surface area contributed by atoms with E-state index in [-0.39, 0.29) is 12.2 Å². The van der Waals surface area contributed by atoms with Crippen LogP contribution in [0.25, 0.3) is 6.08 Å². The van der Waals surface area contributed by atoms with Gasteiger partial charge in [-0.05, 0) is 62.2 Å². The lowest BCUT2D eigenvalue weighted by atomic mass is 9.96. The van der Waals surface area contributed by atoms with Crippen molar-refractivity contribution in [2.75, 3.05) is 20.3 Å². The van der Waals surface area contributed by atoms with Crippen molar-refractivity contribution in [3.8, 4) is 11.5 Å². The first-order valence-electron chi connectivity index (χ1n) is 11.0. The van der Waals surface area contributed by atoms with Crippen LogP contribution in [0.1, 0.15) is 37.9 Å². The largest absolute Gasteiger partial charge is 0.497 e. The van der Waals surface area contributed by atoms with Crippen LogP contribution >= 0.6 is 11.3 Å². The maximum absolute atomic E-state index is 13.6. The zero-order chi connectivity index (χ0) is 24.2. The van der Waals surface area contributed by atoms with Gasteiger partial charge in [0.15, 0.2) is 4.80 Å². The summed E-state index contributed by atoms with van der Waals surface area (Å²) >= 11 is 1.29. The van der Waals surface area contributed by atoms with Crippen LogP contribution in [0.4, 0.5) is 0 Å². The van der Waals surface area contributed by atoms with E-state index in [4.69, 9.17) is 14.2 Å². The van der Waals surface area contributed by atoms with Crippen LogP contribution in [0.5, 0.6) is 11.5 Å². The number of rotatable bonds is 7. The number of hydrogen-bond acceptors (Lipinski definition) is 7. The van der Waals surface area contributed by atoms with Crippen LogP contribution in [0.3, 0.4) is 0 Å². The summed E-state index contributed by atoms with van der Waals surface area (Å²) in [5.74, 6) is 0.978. The number of allylic oxidation sites excluding steroid dienone is 1. The number of fused-ring (bicyclic) bond motifs is 1. The Morgan fingerprint density at radius 1 is 1.06 bits per heavy atom. The number of hydrogen-bond donors (Lipinski definition) is 0. The zero-order valence-corrected chi connectivity index (χ0v) is 20.3. The summed E-state index contributed by atoms with van der Waals surface area (Å²) in [6.07, 6.45) is 1.83. The van der Waals surface area contributed by atoms with Gasteiger partial charge in [0.2, 0.25) is 0 Å². The molecule has 1 aliphatic rings. The second-order valence-electron chi connectivity index (χ2n) is 7.58. The Bertz CT molecular complexity index is 1400. The second-order valence-corrected chi connectivity index (χ2v) is 8.59. The molecule has 1 aliphatic heterocycles. The van der Waals surface area contributed by atoms with Crippen molar-refractivity contribution in [2.45, 2.75) is 26.8 Å². The van der Waals surface area contributed by atoms with Gasteiger partial charge < -0.3 is 14.2 Å². The summed E-state index contributed by atoms with van der Waals surface area (Å²) in [7, 11) is 1.59. The van der Waals surface area contributed by atoms with Gasteiger partial charge in [-0.1, -0.05) is 35.6 Å². The number of thiazole rings is 1. The average molecular weight is 479 g/mol. The maximum atomic E-state index is 13.6. The molecule has 34 heavy (non-hydrogen) atoms. The Hall–Kier alpha value is -3.65. The Morgan fingerprint density at radius 2 is 1.74 bits per heavy atom. The van der Waals surface area contributed by atoms with E-state index >= 15 is 0 Å². The Balaban J connectivity index is 1.87. The molecule has 4 rings (SSSR count). The summed E-state index contributed by atoms with van der Waals surface area (Å²) in [6.45, 7) is 6.27. The Labute approximate surface area is 201 Å². The lowest BCUT2D eigenvalue weighted by Crippen LogP contribution is -2.39. The van der Waals surface area contributed by atoms with Gasteiger partial charge >= 0.3 is 5.97 Å². The van der Waals surface area contributed by atoms with Crippen molar-refractivity contribution >= 4 is 23.4 Å². The van der Waals surface area contributed by atoms with E-state index in [0.717, 1.165) is 16.9 Å². The molecule has 2 aromatic carbocycles. The molecular formula is C26H26N2O5S. The van der Waals surface area contributed by atoms with Gasteiger partial charge in [-0.15, -0.1) is 0 Å². The molecular weight excluding hydrogens is 452 g/mol. The molecule has 0 N–H and O–H groups in total. The summed E-state index contributed by atoms with van der Waals surface area (Å²) in [5.41, 5.74) is 2.32. The zero-order valence-electron chi connectivity index (χ0n) is 19.5. The predicted molar refractivity (Wildman–Crippen MR) is 131 cm³/mol. The predicted octanol–water partition coefficient (Wildman–Crippen LogP) is 3.21. The van der Waals surface area contributed by atoms with E-state index in [1.165, 1.54) is 11.3 Å². The summed E-state index contributed by atoms with van der Waals surface area (Å²) in [4.78, 5) is 31.6. The van der Waals surface area contributed by atoms with Crippen molar-refractivity contribution in [2.24, 2.45) is 4.99 Å². The third kappa shape index (κ3) is 4.54. The average Bonchev–Trinajstić information content (AvgIpc) is 3.14. The van der Waals surface area contributed by atoms with Crippen molar-refractivity contribution in [3.05, 3.63) is 90.6 Å². The van der Waals surface area contributed by atoms with Gasteiger partial charge in [0, 0.05) is 0 Å². The molecule has 1 atom stereocenters. The van der Waals surface area contributed by atoms with Gasteiger partial charge in [0.1, 0.15) is 11.5 Å². The third-order valence-electron chi connectivity index (χ3n) is 5.44. The highest BCUT2D eigenvalue weighted by atomic mass is 32.1. The fourth-order valence-corrected chi connectivity index (χ4v) is 4.92. The summed E-state index contributed by atoms with van der Waals surface area (Å²) in [5, 5.41) is 0. The molecule has 0 fully saturated rings. The summed E-state index contributed by atoms with van der Waals surface area (Å²) in [6, 6.07) is 14.2. The van der Waals surface area contributed by atoms with Crippen molar-refractivity contribution in [1.82, 2.24) is 4.57 Å². The Morgan fingerprint density at radius 3 is 2.35 bits per heavy atom.